The summed E-state index contributed by atoms with van der Waals surface area (Å²) in [5, 5.41) is 3.09. The summed E-state index contributed by atoms with van der Waals surface area (Å²) in [7, 11) is 0. The van der Waals surface area contributed by atoms with Crippen molar-refractivity contribution in [2.24, 2.45) is 0 Å². The number of nitrogens with two attached hydrogens (primary N) is 1. The van der Waals surface area contributed by atoms with Crippen LogP contribution in [-0.2, 0) is 0 Å². The molecule has 2 aromatic rings. The van der Waals surface area contributed by atoms with E-state index in [1.165, 1.54) is 12.4 Å². The number of rotatable bonds is 3. The lowest BCUT2D eigenvalue weighted by molar-refractivity contribution is 0.600. The molecular weight excluding hydrogens is 299 g/mol. The molecule has 0 saturated carbocycles. The van der Waals surface area contributed by atoms with Crippen LogP contribution < -0.4 is 11.1 Å². The highest BCUT2D eigenvalue weighted by Gasteiger charge is 2.13. The van der Waals surface area contributed by atoms with Crippen molar-refractivity contribution in [1.29, 1.82) is 0 Å². The number of hydrogen-bond acceptors (Lipinski definition) is 4. The van der Waals surface area contributed by atoms with Gasteiger partial charge in [-0.2, -0.15) is 0 Å². The number of hydrogen-bond donors (Lipinski definition) is 2. The van der Waals surface area contributed by atoms with Gasteiger partial charge in [-0.05, 0) is 28.9 Å². The molecule has 0 amide bonds. The highest BCUT2D eigenvalue weighted by atomic mass is 79.9. The van der Waals surface area contributed by atoms with E-state index in [-0.39, 0.29) is 11.9 Å². The molecule has 2 rings (SSSR count). The first kappa shape index (κ1) is 12.8. The molecule has 0 aliphatic heterocycles. The monoisotopic (exact) mass is 310 g/mol. The molecule has 0 saturated heterocycles. The lowest BCUT2D eigenvalue weighted by atomic mass is 10.1. The Morgan fingerprint density at radius 1 is 1.33 bits per heavy atom. The van der Waals surface area contributed by atoms with E-state index in [2.05, 4.69) is 31.2 Å². The second-order valence-electron chi connectivity index (χ2n) is 3.81. The van der Waals surface area contributed by atoms with Crippen molar-refractivity contribution in [2.75, 3.05) is 11.1 Å². The molecule has 0 aliphatic carbocycles. The number of nitrogens with zero attached hydrogens (tertiary/aromatic N) is 2. The predicted octanol–water partition coefficient (Wildman–Crippen LogP) is 3.13. The van der Waals surface area contributed by atoms with E-state index in [0.717, 1.165) is 0 Å². The van der Waals surface area contributed by atoms with Gasteiger partial charge in [-0.3, -0.25) is 0 Å². The van der Waals surface area contributed by atoms with Crippen LogP contribution in [0.15, 0.2) is 35.1 Å². The average molecular weight is 311 g/mol. The maximum atomic E-state index is 13.6. The van der Waals surface area contributed by atoms with Crippen LogP contribution in [0.3, 0.4) is 0 Å². The minimum Gasteiger partial charge on any atom is -0.383 e. The van der Waals surface area contributed by atoms with Crippen LogP contribution in [0.5, 0.6) is 0 Å². The zero-order chi connectivity index (χ0) is 13.1. The molecule has 1 aromatic carbocycles. The molecule has 0 spiro atoms. The zero-order valence-corrected chi connectivity index (χ0v) is 11.3. The summed E-state index contributed by atoms with van der Waals surface area (Å²) in [6, 6.07) is 6.38. The summed E-state index contributed by atoms with van der Waals surface area (Å²) in [5.41, 5.74) is 6.22. The van der Waals surface area contributed by atoms with Crippen LogP contribution in [0, 0.1) is 5.82 Å². The number of benzene rings is 1. The van der Waals surface area contributed by atoms with E-state index in [0.29, 0.717) is 21.7 Å². The Labute approximate surface area is 113 Å². The molecule has 0 aliphatic rings. The van der Waals surface area contributed by atoms with Crippen molar-refractivity contribution in [3.05, 3.63) is 46.4 Å². The zero-order valence-electron chi connectivity index (χ0n) is 9.69. The normalized spacial score (nSPS) is 12.2. The molecule has 6 heteroatoms. The first-order valence-corrected chi connectivity index (χ1v) is 6.16. The average Bonchev–Trinajstić information content (AvgIpc) is 2.35. The van der Waals surface area contributed by atoms with E-state index in [4.69, 9.17) is 5.73 Å². The first-order valence-electron chi connectivity index (χ1n) is 5.36. The van der Waals surface area contributed by atoms with Crippen LogP contribution in [0.1, 0.15) is 18.5 Å². The third-order valence-corrected chi connectivity index (χ3v) is 3.32. The molecule has 18 heavy (non-hydrogen) atoms. The van der Waals surface area contributed by atoms with Gasteiger partial charge >= 0.3 is 0 Å². The van der Waals surface area contributed by atoms with Crippen molar-refractivity contribution >= 4 is 27.6 Å². The Bertz CT molecular complexity index is 562. The van der Waals surface area contributed by atoms with Gasteiger partial charge in [-0.1, -0.05) is 18.2 Å². The molecule has 94 valence electrons. The number of anilines is 2. The van der Waals surface area contributed by atoms with Crippen molar-refractivity contribution in [3.8, 4) is 0 Å². The fraction of sp³-hybridized carbons (Fsp3) is 0.167. The van der Waals surface area contributed by atoms with Gasteiger partial charge in [0.15, 0.2) is 0 Å². The second-order valence-corrected chi connectivity index (χ2v) is 4.60. The van der Waals surface area contributed by atoms with Gasteiger partial charge in [0.1, 0.15) is 28.3 Å². The maximum Gasteiger partial charge on any atom is 0.146 e. The van der Waals surface area contributed by atoms with Crippen LogP contribution in [0.4, 0.5) is 16.0 Å². The molecule has 1 unspecified atom stereocenters. The van der Waals surface area contributed by atoms with Crippen LogP contribution in [-0.4, -0.2) is 9.97 Å². The molecule has 0 radical (unpaired) electrons. The highest BCUT2D eigenvalue weighted by molar-refractivity contribution is 9.10. The SMILES string of the molecule is CC(Nc1ncnc(N)c1Br)c1ccccc1F. The lowest BCUT2D eigenvalue weighted by Crippen LogP contribution is -2.11. The Kier molecular flexibility index (Phi) is 3.76. The molecule has 1 aromatic heterocycles. The Morgan fingerprint density at radius 2 is 2.06 bits per heavy atom. The summed E-state index contributed by atoms with van der Waals surface area (Å²) < 4.78 is 14.2. The smallest absolute Gasteiger partial charge is 0.146 e. The van der Waals surface area contributed by atoms with Crippen molar-refractivity contribution < 1.29 is 4.39 Å². The number of nitrogen functional groups attached to an aromatic ring is 1. The van der Waals surface area contributed by atoms with Crippen molar-refractivity contribution in [3.63, 3.8) is 0 Å². The van der Waals surface area contributed by atoms with E-state index in [9.17, 15) is 4.39 Å². The van der Waals surface area contributed by atoms with Gasteiger partial charge < -0.3 is 11.1 Å². The Morgan fingerprint density at radius 3 is 2.78 bits per heavy atom. The lowest BCUT2D eigenvalue weighted by Gasteiger charge is -2.16. The summed E-state index contributed by atoms with van der Waals surface area (Å²) >= 11 is 3.29. The van der Waals surface area contributed by atoms with E-state index in [1.807, 2.05) is 6.92 Å². The molecular formula is C12H12BrFN4. The van der Waals surface area contributed by atoms with Crippen LogP contribution in [0.2, 0.25) is 0 Å². The Hall–Kier alpha value is -1.69. The third kappa shape index (κ3) is 2.59. The molecule has 3 N–H and O–H groups in total. The minimum atomic E-state index is -0.254. The summed E-state index contributed by atoms with van der Waals surface area (Å²) in [5.74, 6) is 0.627. The molecule has 0 bridgehead atoms. The van der Waals surface area contributed by atoms with Gasteiger partial charge in [0.25, 0.3) is 0 Å². The fourth-order valence-corrected chi connectivity index (χ4v) is 1.91. The highest BCUT2D eigenvalue weighted by Crippen LogP contribution is 2.28. The molecule has 1 atom stereocenters. The van der Waals surface area contributed by atoms with Gasteiger partial charge in [0, 0.05) is 5.56 Å². The van der Waals surface area contributed by atoms with Crippen molar-refractivity contribution in [1.82, 2.24) is 9.97 Å². The predicted molar refractivity (Wildman–Crippen MR) is 72.6 cm³/mol. The largest absolute Gasteiger partial charge is 0.383 e. The standard InChI is InChI=1S/C12H12BrFN4/c1-7(8-4-2-3-5-9(8)14)18-12-10(13)11(15)16-6-17-12/h2-7H,1H3,(H3,15,16,17,18). The second kappa shape index (κ2) is 5.30. The van der Waals surface area contributed by atoms with Gasteiger partial charge in [0.05, 0.1) is 6.04 Å². The van der Waals surface area contributed by atoms with Gasteiger partial charge in [0.2, 0.25) is 0 Å². The fourth-order valence-electron chi connectivity index (χ4n) is 1.59. The quantitative estimate of drug-likeness (QED) is 0.914. The number of nitrogens with one attached hydrogen (secondary N) is 1. The first-order chi connectivity index (χ1) is 8.59. The van der Waals surface area contributed by atoms with E-state index in [1.54, 1.807) is 18.2 Å². The summed E-state index contributed by atoms with van der Waals surface area (Å²) in [6.07, 6.45) is 1.36. The molecule has 4 nitrogen and oxygen atoms in total. The van der Waals surface area contributed by atoms with Gasteiger partial charge in [-0.25, -0.2) is 14.4 Å². The Balaban J connectivity index is 2.24. The summed E-state index contributed by atoms with van der Waals surface area (Å²) in [4.78, 5) is 7.91. The van der Waals surface area contributed by atoms with Crippen LogP contribution >= 0.6 is 15.9 Å². The number of halogens is 2. The molecule has 1 heterocycles. The van der Waals surface area contributed by atoms with Crippen molar-refractivity contribution in [2.45, 2.75) is 13.0 Å². The number of aromatic nitrogens is 2. The van der Waals surface area contributed by atoms with E-state index < -0.39 is 0 Å². The third-order valence-electron chi connectivity index (χ3n) is 2.54. The summed E-state index contributed by atoms with van der Waals surface area (Å²) in [6.45, 7) is 1.85. The maximum absolute atomic E-state index is 13.6. The van der Waals surface area contributed by atoms with Crippen LogP contribution in [0.25, 0.3) is 0 Å². The van der Waals surface area contributed by atoms with Gasteiger partial charge in [-0.15, -0.1) is 0 Å². The molecule has 0 fully saturated rings. The topological polar surface area (TPSA) is 63.8 Å². The minimum absolute atomic E-state index is 0.225. The van der Waals surface area contributed by atoms with E-state index >= 15 is 0 Å².